The SMILES string of the molecule is Cc1nccc(NC2CCC(NC(=O)CC3CCCCCC3)CC2)n1. The average Bonchev–Trinajstić information content (AvgIpc) is 2.85. The van der Waals surface area contributed by atoms with Crippen LogP contribution in [0.5, 0.6) is 0 Å². The molecule has 5 nitrogen and oxygen atoms in total. The zero-order chi connectivity index (χ0) is 17.5. The first-order valence-corrected chi connectivity index (χ1v) is 10.0. The fourth-order valence-electron chi connectivity index (χ4n) is 4.24. The van der Waals surface area contributed by atoms with Gasteiger partial charge in [-0.05, 0) is 57.4 Å². The van der Waals surface area contributed by atoms with E-state index in [0.29, 0.717) is 18.0 Å². The van der Waals surface area contributed by atoms with Gasteiger partial charge in [0.25, 0.3) is 0 Å². The lowest BCUT2D eigenvalue weighted by Crippen LogP contribution is -2.40. The molecule has 1 heterocycles. The molecule has 25 heavy (non-hydrogen) atoms. The second-order valence-electron chi connectivity index (χ2n) is 7.81. The summed E-state index contributed by atoms with van der Waals surface area (Å²) in [6.45, 7) is 1.91. The summed E-state index contributed by atoms with van der Waals surface area (Å²) in [5.74, 6) is 2.59. The average molecular weight is 345 g/mol. The first-order valence-electron chi connectivity index (χ1n) is 10.0. The van der Waals surface area contributed by atoms with Gasteiger partial charge in [-0.15, -0.1) is 0 Å². The van der Waals surface area contributed by atoms with Crippen molar-refractivity contribution in [2.45, 2.75) is 89.6 Å². The van der Waals surface area contributed by atoms with Crippen molar-refractivity contribution < 1.29 is 4.79 Å². The normalized spacial score (nSPS) is 25.2. The summed E-state index contributed by atoms with van der Waals surface area (Å²) >= 11 is 0. The molecule has 0 aliphatic heterocycles. The number of hydrogen-bond acceptors (Lipinski definition) is 4. The van der Waals surface area contributed by atoms with Crippen LogP contribution in [0.2, 0.25) is 0 Å². The fourth-order valence-corrected chi connectivity index (χ4v) is 4.24. The van der Waals surface area contributed by atoms with Crippen molar-refractivity contribution in [3.63, 3.8) is 0 Å². The van der Waals surface area contributed by atoms with E-state index in [1.807, 2.05) is 13.0 Å². The van der Waals surface area contributed by atoms with E-state index >= 15 is 0 Å². The second-order valence-corrected chi connectivity index (χ2v) is 7.81. The van der Waals surface area contributed by atoms with Crippen molar-refractivity contribution in [3.8, 4) is 0 Å². The molecule has 1 aromatic rings. The molecule has 2 saturated carbocycles. The number of carbonyl (C=O) groups is 1. The lowest BCUT2D eigenvalue weighted by molar-refractivity contribution is -0.123. The lowest BCUT2D eigenvalue weighted by atomic mass is 9.90. The molecule has 1 aromatic heterocycles. The largest absolute Gasteiger partial charge is 0.367 e. The maximum Gasteiger partial charge on any atom is 0.220 e. The molecule has 1 amide bonds. The Morgan fingerprint density at radius 2 is 1.72 bits per heavy atom. The zero-order valence-electron chi connectivity index (χ0n) is 15.5. The van der Waals surface area contributed by atoms with Gasteiger partial charge in [-0.25, -0.2) is 9.97 Å². The molecule has 0 aromatic carbocycles. The van der Waals surface area contributed by atoms with Crippen LogP contribution in [0.25, 0.3) is 0 Å². The minimum atomic E-state index is 0.273. The van der Waals surface area contributed by atoms with Crippen molar-refractivity contribution in [1.29, 1.82) is 0 Å². The van der Waals surface area contributed by atoms with E-state index in [2.05, 4.69) is 20.6 Å². The van der Waals surface area contributed by atoms with Gasteiger partial charge in [0.15, 0.2) is 0 Å². The molecule has 0 saturated heterocycles. The molecule has 2 aliphatic rings. The molecule has 0 unspecified atom stereocenters. The third-order valence-electron chi connectivity index (χ3n) is 5.67. The number of nitrogens with zero attached hydrogens (tertiary/aromatic N) is 2. The number of nitrogens with one attached hydrogen (secondary N) is 2. The maximum absolute atomic E-state index is 12.4. The van der Waals surface area contributed by atoms with Gasteiger partial charge in [0.05, 0.1) is 0 Å². The second kappa shape index (κ2) is 9.16. The van der Waals surface area contributed by atoms with E-state index in [4.69, 9.17) is 0 Å². The van der Waals surface area contributed by atoms with Crippen molar-refractivity contribution in [2.24, 2.45) is 5.92 Å². The van der Waals surface area contributed by atoms with E-state index in [-0.39, 0.29) is 5.91 Å². The Morgan fingerprint density at radius 3 is 2.40 bits per heavy atom. The van der Waals surface area contributed by atoms with Crippen molar-refractivity contribution in [3.05, 3.63) is 18.1 Å². The Hall–Kier alpha value is -1.65. The van der Waals surface area contributed by atoms with Gasteiger partial charge in [-0.2, -0.15) is 0 Å². The summed E-state index contributed by atoms with van der Waals surface area (Å²) in [7, 11) is 0. The standard InChI is InChI=1S/C20H32N4O/c1-15-21-13-12-19(22-15)23-17-8-10-18(11-9-17)24-20(25)14-16-6-4-2-3-5-7-16/h12-13,16-18H,2-11,14H2,1H3,(H,24,25)(H,21,22,23). The Kier molecular flexibility index (Phi) is 6.65. The van der Waals surface area contributed by atoms with E-state index < -0.39 is 0 Å². The molecule has 0 atom stereocenters. The molecule has 2 N–H and O–H groups in total. The fraction of sp³-hybridized carbons (Fsp3) is 0.750. The Bertz CT molecular complexity index is 546. The van der Waals surface area contributed by atoms with Crippen molar-refractivity contribution >= 4 is 11.7 Å². The predicted molar refractivity (Wildman–Crippen MR) is 100 cm³/mol. The number of carbonyl (C=O) groups excluding carboxylic acids is 1. The monoisotopic (exact) mass is 344 g/mol. The van der Waals surface area contributed by atoms with Crippen LogP contribution in [0.3, 0.4) is 0 Å². The molecular formula is C20H32N4O. The van der Waals surface area contributed by atoms with Gasteiger partial charge in [-0.3, -0.25) is 4.79 Å². The van der Waals surface area contributed by atoms with Gasteiger partial charge >= 0.3 is 0 Å². The third kappa shape index (κ3) is 5.98. The van der Waals surface area contributed by atoms with Crippen molar-refractivity contribution in [1.82, 2.24) is 15.3 Å². The summed E-state index contributed by atoms with van der Waals surface area (Å²) in [6, 6.07) is 2.72. The van der Waals surface area contributed by atoms with Crippen LogP contribution < -0.4 is 10.6 Å². The maximum atomic E-state index is 12.4. The van der Waals surface area contributed by atoms with E-state index in [0.717, 1.165) is 43.7 Å². The molecular weight excluding hydrogens is 312 g/mol. The molecule has 2 aliphatic carbocycles. The number of hydrogen-bond donors (Lipinski definition) is 2. The van der Waals surface area contributed by atoms with Gasteiger partial charge < -0.3 is 10.6 Å². The Labute approximate surface area is 151 Å². The Balaban J connectivity index is 1.37. The topological polar surface area (TPSA) is 66.9 Å². The van der Waals surface area contributed by atoms with Crippen LogP contribution in [-0.2, 0) is 4.79 Å². The van der Waals surface area contributed by atoms with Crippen LogP contribution in [0.4, 0.5) is 5.82 Å². The highest BCUT2D eigenvalue weighted by Gasteiger charge is 2.24. The van der Waals surface area contributed by atoms with Gasteiger partial charge in [0.1, 0.15) is 11.6 Å². The summed E-state index contributed by atoms with van der Waals surface area (Å²) in [6.07, 6.45) is 14.6. The number of amides is 1. The molecule has 0 radical (unpaired) electrons. The van der Waals surface area contributed by atoms with Crippen molar-refractivity contribution in [2.75, 3.05) is 5.32 Å². The van der Waals surface area contributed by atoms with E-state index in [9.17, 15) is 4.79 Å². The summed E-state index contributed by atoms with van der Waals surface area (Å²) < 4.78 is 0. The van der Waals surface area contributed by atoms with Crippen LogP contribution in [0.15, 0.2) is 12.3 Å². The number of rotatable bonds is 5. The predicted octanol–water partition coefficient (Wildman–Crippen LogP) is 3.98. The van der Waals surface area contributed by atoms with Gasteiger partial charge in [0.2, 0.25) is 5.91 Å². The number of anilines is 1. The third-order valence-corrected chi connectivity index (χ3v) is 5.67. The van der Waals surface area contributed by atoms with Crippen LogP contribution in [0.1, 0.15) is 76.5 Å². The van der Waals surface area contributed by atoms with E-state index in [1.54, 1.807) is 6.20 Å². The molecule has 5 heteroatoms. The van der Waals surface area contributed by atoms with E-state index in [1.165, 1.54) is 38.5 Å². The molecule has 0 bridgehead atoms. The minimum Gasteiger partial charge on any atom is -0.367 e. The van der Waals surface area contributed by atoms with Crippen LogP contribution in [0, 0.1) is 12.8 Å². The first-order chi connectivity index (χ1) is 12.2. The first kappa shape index (κ1) is 18.2. The quantitative estimate of drug-likeness (QED) is 0.793. The summed E-state index contributed by atoms with van der Waals surface area (Å²) in [5.41, 5.74) is 0. The summed E-state index contributed by atoms with van der Waals surface area (Å²) in [5, 5.41) is 6.79. The minimum absolute atomic E-state index is 0.273. The molecule has 3 rings (SSSR count). The highest BCUT2D eigenvalue weighted by Crippen LogP contribution is 2.26. The lowest BCUT2D eigenvalue weighted by Gasteiger charge is -2.30. The zero-order valence-corrected chi connectivity index (χ0v) is 15.5. The highest BCUT2D eigenvalue weighted by molar-refractivity contribution is 5.76. The van der Waals surface area contributed by atoms with Gasteiger partial charge in [-0.1, -0.05) is 25.7 Å². The number of aryl methyl sites for hydroxylation is 1. The Morgan fingerprint density at radius 1 is 1.04 bits per heavy atom. The highest BCUT2D eigenvalue weighted by atomic mass is 16.1. The molecule has 138 valence electrons. The number of aromatic nitrogens is 2. The summed E-state index contributed by atoms with van der Waals surface area (Å²) in [4.78, 5) is 20.9. The van der Waals surface area contributed by atoms with Crippen LogP contribution in [-0.4, -0.2) is 28.0 Å². The van der Waals surface area contributed by atoms with Gasteiger partial charge in [0, 0.05) is 24.7 Å². The smallest absolute Gasteiger partial charge is 0.220 e. The molecule has 2 fully saturated rings. The van der Waals surface area contributed by atoms with Crippen LogP contribution >= 0.6 is 0 Å². The molecule has 0 spiro atoms.